The molecule has 0 fully saturated rings. The molecule has 0 aliphatic carbocycles. The Hall–Kier alpha value is -1.96. The zero-order valence-corrected chi connectivity index (χ0v) is 14.2. The van der Waals surface area contributed by atoms with E-state index in [1.807, 2.05) is 13.8 Å². The summed E-state index contributed by atoms with van der Waals surface area (Å²) in [6.45, 7) is 3.86. The Morgan fingerprint density at radius 2 is 2.13 bits per heavy atom. The van der Waals surface area contributed by atoms with Crippen LogP contribution in [0.4, 0.5) is 5.69 Å². The van der Waals surface area contributed by atoms with Gasteiger partial charge in [-0.05, 0) is 12.5 Å². The van der Waals surface area contributed by atoms with Gasteiger partial charge in [-0.15, -0.1) is 0 Å². The molecule has 1 amide bonds. The number of anilines is 1. The Kier molecular flexibility index (Phi) is 5.03. The van der Waals surface area contributed by atoms with E-state index in [2.05, 4.69) is 9.72 Å². The second kappa shape index (κ2) is 6.66. The summed E-state index contributed by atoms with van der Waals surface area (Å²) < 4.78 is 29.0. The molecule has 0 radical (unpaired) electrons. The van der Waals surface area contributed by atoms with E-state index >= 15 is 0 Å². The standard InChI is InChI=1S/C15H20N2O5S/c1-4-5-10(2)14(18)17-6-7-23(20,21)13-12(17)8-11(9-16-13)15(19)22-3/h8-10H,4-7H2,1-3H3. The fourth-order valence-corrected chi connectivity index (χ4v) is 3.90. The summed E-state index contributed by atoms with van der Waals surface area (Å²) in [7, 11) is -2.33. The lowest BCUT2D eigenvalue weighted by Crippen LogP contribution is -2.43. The van der Waals surface area contributed by atoms with Gasteiger partial charge in [-0.2, -0.15) is 0 Å². The van der Waals surface area contributed by atoms with E-state index in [0.717, 1.165) is 12.6 Å². The summed E-state index contributed by atoms with van der Waals surface area (Å²) in [5.74, 6) is -1.19. The Morgan fingerprint density at radius 3 is 2.74 bits per heavy atom. The minimum atomic E-state index is -3.55. The number of methoxy groups -OCH3 is 1. The van der Waals surface area contributed by atoms with Crippen molar-refractivity contribution in [3.8, 4) is 0 Å². The monoisotopic (exact) mass is 340 g/mol. The summed E-state index contributed by atoms with van der Waals surface area (Å²) in [5.41, 5.74) is 0.274. The van der Waals surface area contributed by atoms with Crippen LogP contribution >= 0.6 is 0 Å². The Balaban J connectivity index is 2.50. The number of sulfone groups is 1. The second-order valence-electron chi connectivity index (χ2n) is 5.54. The molecule has 1 aliphatic heterocycles. The lowest BCUT2D eigenvalue weighted by atomic mass is 10.0. The Morgan fingerprint density at radius 1 is 1.43 bits per heavy atom. The second-order valence-corrected chi connectivity index (χ2v) is 7.56. The van der Waals surface area contributed by atoms with Crippen LogP contribution in [0.2, 0.25) is 0 Å². The molecule has 0 saturated carbocycles. The molecule has 7 nitrogen and oxygen atoms in total. The number of aromatic nitrogens is 1. The van der Waals surface area contributed by atoms with Crippen molar-refractivity contribution in [2.75, 3.05) is 24.3 Å². The maximum Gasteiger partial charge on any atom is 0.339 e. The van der Waals surface area contributed by atoms with Gasteiger partial charge in [0.1, 0.15) is 0 Å². The minimum Gasteiger partial charge on any atom is -0.465 e. The molecular weight excluding hydrogens is 320 g/mol. The number of esters is 1. The van der Waals surface area contributed by atoms with Crippen LogP contribution in [-0.4, -0.2) is 44.7 Å². The zero-order chi connectivity index (χ0) is 17.2. The van der Waals surface area contributed by atoms with Gasteiger partial charge >= 0.3 is 5.97 Å². The van der Waals surface area contributed by atoms with Gasteiger partial charge in [-0.25, -0.2) is 18.2 Å². The van der Waals surface area contributed by atoms with E-state index in [4.69, 9.17) is 0 Å². The van der Waals surface area contributed by atoms with Crippen LogP contribution in [-0.2, 0) is 19.4 Å². The molecule has 0 bridgehead atoms. The average Bonchev–Trinajstić information content (AvgIpc) is 2.53. The van der Waals surface area contributed by atoms with Crippen LogP contribution < -0.4 is 4.90 Å². The highest BCUT2D eigenvalue weighted by molar-refractivity contribution is 7.91. The first kappa shape index (κ1) is 17.4. The van der Waals surface area contributed by atoms with Crippen molar-refractivity contribution >= 4 is 27.4 Å². The maximum absolute atomic E-state index is 12.6. The van der Waals surface area contributed by atoms with Gasteiger partial charge in [0, 0.05) is 18.7 Å². The quantitative estimate of drug-likeness (QED) is 0.770. The third-order valence-electron chi connectivity index (χ3n) is 3.83. The first-order valence-electron chi connectivity index (χ1n) is 7.44. The fourth-order valence-electron chi connectivity index (χ4n) is 2.58. The van der Waals surface area contributed by atoms with E-state index < -0.39 is 15.8 Å². The summed E-state index contributed by atoms with van der Waals surface area (Å²) in [4.78, 5) is 29.6. The van der Waals surface area contributed by atoms with Crippen molar-refractivity contribution in [3.63, 3.8) is 0 Å². The molecule has 126 valence electrons. The fraction of sp³-hybridized carbons (Fsp3) is 0.533. The van der Waals surface area contributed by atoms with E-state index in [9.17, 15) is 18.0 Å². The minimum absolute atomic E-state index is 0.0640. The van der Waals surface area contributed by atoms with Crippen molar-refractivity contribution in [3.05, 3.63) is 17.8 Å². The zero-order valence-electron chi connectivity index (χ0n) is 13.4. The molecular formula is C15H20N2O5S. The maximum atomic E-state index is 12.6. The molecule has 23 heavy (non-hydrogen) atoms. The molecule has 1 aromatic rings. The number of carbonyl (C=O) groups is 2. The largest absolute Gasteiger partial charge is 0.465 e. The number of amides is 1. The summed E-state index contributed by atoms with van der Waals surface area (Å²) in [6.07, 6.45) is 2.72. The molecule has 0 N–H and O–H groups in total. The van der Waals surface area contributed by atoms with Crippen LogP contribution in [0.1, 0.15) is 37.0 Å². The van der Waals surface area contributed by atoms with Gasteiger partial charge in [0.25, 0.3) is 0 Å². The Bertz CT molecular complexity index is 729. The number of hydrogen-bond donors (Lipinski definition) is 0. The normalized spacial score (nSPS) is 17.3. The highest BCUT2D eigenvalue weighted by Crippen LogP contribution is 2.31. The van der Waals surface area contributed by atoms with Crippen molar-refractivity contribution in [1.29, 1.82) is 0 Å². The van der Waals surface area contributed by atoms with E-state index in [1.165, 1.54) is 18.1 Å². The van der Waals surface area contributed by atoms with Crippen LogP contribution in [0, 0.1) is 5.92 Å². The lowest BCUT2D eigenvalue weighted by molar-refractivity contribution is -0.122. The van der Waals surface area contributed by atoms with Crippen LogP contribution in [0.3, 0.4) is 0 Å². The van der Waals surface area contributed by atoms with Gasteiger partial charge < -0.3 is 9.64 Å². The number of pyridine rings is 1. The van der Waals surface area contributed by atoms with Gasteiger partial charge in [0.2, 0.25) is 5.91 Å². The predicted octanol–water partition coefficient (Wildman–Crippen LogP) is 1.42. The van der Waals surface area contributed by atoms with Crippen molar-refractivity contribution in [2.45, 2.75) is 31.7 Å². The number of fused-ring (bicyclic) bond motifs is 1. The third kappa shape index (κ3) is 3.36. The van der Waals surface area contributed by atoms with Gasteiger partial charge in [-0.1, -0.05) is 20.3 Å². The van der Waals surface area contributed by atoms with Crippen LogP contribution in [0.5, 0.6) is 0 Å². The highest BCUT2D eigenvalue weighted by Gasteiger charge is 2.35. The number of nitrogens with zero attached hydrogens (tertiary/aromatic N) is 2. The first-order chi connectivity index (χ1) is 10.8. The summed E-state index contributed by atoms with van der Waals surface area (Å²) in [6, 6.07) is 1.36. The molecule has 1 unspecified atom stereocenters. The molecule has 8 heteroatoms. The van der Waals surface area contributed by atoms with Gasteiger partial charge in [0.15, 0.2) is 14.9 Å². The van der Waals surface area contributed by atoms with Crippen molar-refractivity contribution in [1.82, 2.24) is 4.98 Å². The SMILES string of the molecule is CCCC(C)C(=O)N1CCS(=O)(=O)c2ncc(C(=O)OC)cc21. The Labute approximate surface area is 135 Å². The number of ether oxygens (including phenoxy) is 1. The van der Waals surface area contributed by atoms with Crippen LogP contribution in [0.15, 0.2) is 17.3 Å². The topological polar surface area (TPSA) is 93.6 Å². The first-order valence-corrected chi connectivity index (χ1v) is 9.09. The highest BCUT2D eigenvalue weighted by atomic mass is 32.2. The molecule has 0 aromatic carbocycles. The summed E-state index contributed by atoms with van der Waals surface area (Å²) in [5, 5.41) is -0.159. The molecule has 1 atom stereocenters. The van der Waals surface area contributed by atoms with Crippen molar-refractivity contribution in [2.24, 2.45) is 5.92 Å². The number of rotatable bonds is 4. The average molecular weight is 340 g/mol. The van der Waals surface area contributed by atoms with E-state index in [-0.39, 0.29) is 40.4 Å². The number of carbonyl (C=O) groups excluding carboxylic acids is 2. The molecule has 2 rings (SSSR count). The number of hydrogen-bond acceptors (Lipinski definition) is 6. The van der Waals surface area contributed by atoms with E-state index in [1.54, 1.807) is 0 Å². The summed E-state index contributed by atoms with van der Waals surface area (Å²) >= 11 is 0. The van der Waals surface area contributed by atoms with Crippen molar-refractivity contribution < 1.29 is 22.7 Å². The smallest absolute Gasteiger partial charge is 0.339 e. The molecule has 0 saturated heterocycles. The van der Waals surface area contributed by atoms with E-state index in [0.29, 0.717) is 6.42 Å². The van der Waals surface area contributed by atoms with Gasteiger partial charge in [-0.3, -0.25) is 4.79 Å². The third-order valence-corrected chi connectivity index (χ3v) is 5.46. The predicted molar refractivity (Wildman–Crippen MR) is 84.1 cm³/mol. The molecule has 1 aliphatic rings. The van der Waals surface area contributed by atoms with Crippen LogP contribution in [0.25, 0.3) is 0 Å². The van der Waals surface area contributed by atoms with Gasteiger partial charge in [0.05, 0.1) is 24.1 Å². The molecule has 0 spiro atoms. The molecule has 2 heterocycles. The lowest BCUT2D eigenvalue weighted by Gasteiger charge is -2.30. The molecule has 1 aromatic heterocycles.